The maximum atomic E-state index is 13.6. The van der Waals surface area contributed by atoms with E-state index in [1.165, 1.54) is 10.8 Å². The second-order valence-electron chi connectivity index (χ2n) is 9.24. The molecule has 1 aromatic carbocycles. The number of nitrogens with one attached hydrogen (secondary N) is 3. The predicted octanol–water partition coefficient (Wildman–Crippen LogP) is 4.08. The molecular weight excluding hydrogens is 507 g/mol. The number of nitrogens with zero attached hydrogens (tertiary/aromatic N) is 2. The number of ether oxygens (including phenoxy) is 1. The summed E-state index contributed by atoms with van der Waals surface area (Å²) in [5, 5.41) is 2.37. The van der Waals surface area contributed by atoms with Crippen LogP contribution in [0.15, 0.2) is 47.5 Å². The van der Waals surface area contributed by atoms with Crippen LogP contribution in [-0.4, -0.2) is 27.8 Å². The summed E-state index contributed by atoms with van der Waals surface area (Å²) in [5.74, 6) is -2.86. The molecule has 37 heavy (non-hydrogen) atoms. The summed E-state index contributed by atoms with van der Waals surface area (Å²) < 4.78 is 72.0. The highest BCUT2D eigenvalue weighted by Crippen LogP contribution is 2.31. The van der Waals surface area contributed by atoms with Crippen molar-refractivity contribution in [2.45, 2.75) is 43.5 Å². The van der Waals surface area contributed by atoms with E-state index in [-0.39, 0.29) is 28.2 Å². The van der Waals surface area contributed by atoms with E-state index in [1.54, 1.807) is 14.2 Å². The van der Waals surface area contributed by atoms with Gasteiger partial charge in [-0.1, -0.05) is 19.1 Å². The lowest BCUT2D eigenvalue weighted by Crippen LogP contribution is -2.37. The van der Waals surface area contributed by atoms with E-state index in [9.17, 15) is 22.3 Å². The van der Waals surface area contributed by atoms with Crippen LogP contribution < -0.4 is 19.6 Å². The summed E-state index contributed by atoms with van der Waals surface area (Å²) in [6.07, 6.45) is 3.98. The molecule has 3 N–H and O–H groups in total. The van der Waals surface area contributed by atoms with E-state index < -0.39 is 32.5 Å². The summed E-state index contributed by atoms with van der Waals surface area (Å²) in [7, 11) is -0.254. The second-order valence-corrected chi connectivity index (χ2v) is 11.0. The molecule has 2 aromatic heterocycles. The molecule has 0 aliphatic carbocycles. The lowest BCUT2D eigenvalue weighted by molar-refractivity contribution is -0.885. The van der Waals surface area contributed by atoms with Gasteiger partial charge in [0.25, 0.3) is 5.91 Å². The Morgan fingerprint density at radius 2 is 1.95 bits per heavy atom. The van der Waals surface area contributed by atoms with Crippen LogP contribution in [-0.2, 0) is 29.8 Å². The zero-order chi connectivity index (χ0) is 26.9. The zero-order valence-corrected chi connectivity index (χ0v) is 21.5. The van der Waals surface area contributed by atoms with Gasteiger partial charge in [-0.2, -0.15) is 0 Å². The first kappa shape index (κ1) is 26.7. The molecule has 4 rings (SSSR count). The number of rotatable bonds is 7. The number of carbonyl (C=O) groups is 1. The van der Waals surface area contributed by atoms with Crippen molar-refractivity contribution < 1.29 is 31.8 Å². The number of benzene rings is 1. The van der Waals surface area contributed by atoms with Crippen LogP contribution in [0.5, 0.6) is 5.75 Å². The van der Waals surface area contributed by atoms with Crippen molar-refractivity contribution in [1.29, 1.82) is 4.78 Å². The molecule has 0 spiro atoms. The average Bonchev–Trinajstić information content (AvgIpc) is 3.14. The Bertz CT molecular complexity index is 1400. The number of aryl methyl sites for hydroxylation is 2. The number of carbonyl (C=O) groups excluding carboxylic acids is 1. The van der Waals surface area contributed by atoms with Crippen LogP contribution in [0.2, 0.25) is 0 Å². The summed E-state index contributed by atoms with van der Waals surface area (Å²) in [6, 6.07) is 8.87. The molecule has 0 radical (unpaired) electrons. The second kappa shape index (κ2) is 10.5. The molecular formula is C25H29F3N5O3S+. The third kappa shape index (κ3) is 5.64. The smallest absolute Gasteiger partial charge is 0.410 e. The average molecular weight is 537 g/mol. The molecule has 8 nitrogen and oxygen atoms in total. The van der Waals surface area contributed by atoms with E-state index in [4.69, 9.17) is 9.52 Å². The van der Waals surface area contributed by atoms with Gasteiger partial charge in [0.1, 0.15) is 25.8 Å². The monoisotopic (exact) mass is 536 g/mol. The van der Waals surface area contributed by atoms with Crippen molar-refractivity contribution in [2.24, 2.45) is 13.0 Å². The molecule has 1 unspecified atom stereocenters. The normalized spacial score (nSPS) is 20.1. The van der Waals surface area contributed by atoms with Crippen LogP contribution in [0.1, 0.15) is 41.4 Å². The van der Waals surface area contributed by atoms with E-state index >= 15 is 0 Å². The van der Waals surface area contributed by atoms with E-state index in [0.717, 1.165) is 24.2 Å². The van der Waals surface area contributed by atoms with Crippen molar-refractivity contribution in [3.05, 3.63) is 71.3 Å². The van der Waals surface area contributed by atoms with Crippen molar-refractivity contribution in [3.63, 3.8) is 0 Å². The van der Waals surface area contributed by atoms with Gasteiger partial charge in [0.05, 0.1) is 34.6 Å². The molecule has 0 bridgehead atoms. The maximum Gasteiger partial charge on any atom is 0.410 e. The Morgan fingerprint density at radius 1 is 1.30 bits per heavy atom. The molecule has 1 aliphatic rings. The Morgan fingerprint density at radius 3 is 2.57 bits per heavy atom. The number of hydrogen-bond acceptors (Lipinski definition) is 4. The molecule has 0 fully saturated rings. The van der Waals surface area contributed by atoms with Gasteiger partial charge in [-0.25, -0.2) is 13.7 Å². The van der Waals surface area contributed by atoms with Gasteiger partial charge in [0.15, 0.2) is 0 Å². The van der Waals surface area contributed by atoms with Crippen molar-refractivity contribution in [3.8, 4) is 5.75 Å². The molecule has 3 heterocycles. The fourth-order valence-corrected chi connectivity index (χ4v) is 6.39. The minimum atomic E-state index is -3.43. The number of anilines is 1. The fourth-order valence-electron chi connectivity index (χ4n) is 4.63. The van der Waals surface area contributed by atoms with Gasteiger partial charge >= 0.3 is 11.9 Å². The van der Waals surface area contributed by atoms with Gasteiger partial charge < -0.3 is 14.6 Å². The lowest BCUT2D eigenvalue weighted by Gasteiger charge is -2.24. The van der Waals surface area contributed by atoms with Crippen molar-refractivity contribution in [2.75, 3.05) is 12.4 Å². The van der Waals surface area contributed by atoms with Gasteiger partial charge in [-0.05, 0) is 49.3 Å². The Hall–Kier alpha value is -3.38. The molecule has 3 atom stereocenters. The number of aromatic nitrogens is 2. The van der Waals surface area contributed by atoms with Gasteiger partial charge in [-0.15, -0.1) is 8.78 Å². The standard InChI is InChI=1S/C25H28F3N5O3S/c1-15(4-5-16-6-8-18(36-3)9-7-16)20-11-10-19-21(37(29,35)31-20)14-32(2)24(19)25(34)30-17-12-22(26)33(28)23(27)13-17/h6-9,12-15,20H,4-5,10-11H2,1-3H3,(H2,29,31,35)/p+1/t15-,20+,37?/m0/s1. The first-order valence-electron chi connectivity index (χ1n) is 11.8. The highest BCUT2D eigenvalue weighted by Gasteiger charge is 2.33. The highest BCUT2D eigenvalue weighted by molar-refractivity contribution is 7.90. The minimum absolute atomic E-state index is 0.0889. The fraction of sp³-hybridized carbons (Fsp3) is 0.360. The van der Waals surface area contributed by atoms with Crippen LogP contribution in [0.25, 0.3) is 0 Å². The summed E-state index contributed by atoms with van der Waals surface area (Å²) >= 11 is 0. The van der Waals surface area contributed by atoms with Crippen molar-refractivity contribution >= 4 is 21.5 Å². The molecule has 12 heteroatoms. The van der Waals surface area contributed by atoms with E-state index in [2.05, 4.69) is 10.0 Å². The zero-order valence-electron chi connectivity index (χ0n) is 20.7. The molecule has 0 saturated carbocycles. The Labute approximate surface area is 213 Å². The number of amides is 1. The van der Waals surface area contributed by atoms with Gasteiger partial charge in [-0.3, -0.25) is 4.79 Å². The molecule has 3 aromatic rings. The molecule has 0 saturated heterocycles. The third-order valence-corrected chi connectivity index (χ3v) is 8.32. The Kier molecular flexibility index (Phi) is 7.60. The molecule has 198 valence electrons. The minimum Gasteiger partial charge on any atom is -0.497 e. The van der Waals surface area contributed by atoms with Crippen LogP contribution in [0.3, 0.4) is 0 Å². The molecule has 1 amide bonds. The maximum absolute atomic E-state index is 13.6. The van der Waals surface area contributed by atoms with Crippen LogP contribution in [0.4, 0.5) is 18.9 Å². The summed E-state index contributed by atoms with van der Waals surface area (Å²) in [4.78, 5) is 12.5. The molecule has 1 aliphatic heterocycles. The number of methoxy groups -OCH3 is 1. The van der Waals surface area contributed by atoms with Crippen molar-refractivity contribution in [1.82, 2.24) is 9.29 Å². The number of fused-ring (bicyclic) bond motifs is 1. The quantitative estimate of drug-likeness (QED) is 0.397. The van der Waals surface area contributed by atoms with Gasteiger partial charge in [0.2, 0.25) is 0 Å². The van der Waals surface area contributed by atoms with E-state index in [1.807, 2.05) is 31.2 Å². The first-order valence-corrected chi connectivity index (χ1v) is 13.3. The highest BCUT2D eigenvalue weighted by atomic mass is 32.2. The third-order valence-electron chi connectivity index (χ3n) is 6.71. The summed E-state index contributed by atoms with van der Waals surface area (Å²) in [6.45, 7) is 2.04. The first-order chi connectivity index (χ1) is 17.5. The van der Waals surface area contributed by atoms with Gasteiger partial charge in [0, 0.05) is 24.8 Å². The van der Waals surface area contributed by atoms with Crippen LogP contribution in [0, 0.1) is 22.6 Å². The topological polar surface area (TPSA) is 100 Å². The number of pyridine rings is 1. The predicted molar refractivity (Wildman–Crippen MR) is 131 cm³/mol. The largest absolute Gasteiger partial charge is 0.497 e. The SMILES string of the molecule is COc1ccc(CC[C@H](C)[C@H]2CCc3c(cn(C)c3C(=O)Nc3cc(F)[n+](F)c(F)c3)S(=N)(=O)N2)cc1. The number of hydrogen-bond donors (Lipinski definition) is 3. The Balaban J connectivity index is 1.51. The number of halogens is 3. The van der Waals surface area contributed by atoms with Crippen LogP contribution >= 0.6 is 0 Å². The van der Waals surface area contributed by atoms with E-state index in [0.29, 0.717) is 30.5 Å². The summed E-state index contributed by atoms with van der Waals surface area (Å²) in [5.41, 5.74) is 1.44. The lowest BCUT2D eigenvalue weighted by atomic mass is 9.91.